The molecule has 1 aliphatic heterocycles. The number of benzene rings is 1. The van der Waals surface area contributed by atoms with Crippen molar-refractivity contribution >= 4 is 23.2 Å². The summed E-state index contributed by atoms with van der Waals surface area (Å²) in [6.45, 7) is 9.40. The van der Waals surface area contributed by atoms with E-state index in [0.717, 1.165) is 30.9 Å². The molecule has 0 radical (unpaired) electrons. The van der Waals surface area contributed by atoms with Crippen molar-refractivity contribution in [2.45, 2.75) is 27.2 Å². The molecule has 1 saturated heterocycles. The zero-order chi connectivity index (χ0) is 18.2. The van der Waals surface area contributed by atoms with Crippen LogP contribution in [-0.4, -0.2) is 56.1 Å². The molecule has 0 aromatic heterocycles. The highest BCUT2D eigenvalue weighted by atomic mass is 16.5. The largest absolute Gasteiger partial charge is 0.378 e. The highest BCUT2D eigenvalue weighted by Crippen LogP contribution is 2.26. The first-order valence-electron chi connectivity index (χ1n) is 8.94. The van der Waals surface area contributed by atoms with Crippen molar-refractivity contribution in [3.8, 4) is 0 Å². The fourth-order valence-corrected chi connectivity index (χ4v) is 2.78. The third kappa shape index (κ3) is 6.05. The van der Waals surface area contributed by atoms with Gasteiger partial charge in [-0.2, -0.15) is 0 Å². The highest BCUT2D eigenvalue weighted by molar-refractivity contribution is 5.97. The Morgan fingerprint density at radius 2 is 1.92 bits per heavy atom. The summed E-state index contributed by atoms with van der Waals surface area (Å²) in [6.07, 6.45) is 0.886. The SMILES string of the molecule is CC(=O)N(CCC(C)C)CC(=O)Nc1ccccc1N1CCOCC1. The van der Waals surface area contributed by atoms with Crippen molar-refractivity contribution in [2.24, 2.45) is 5.92 Å². The zero-order valence-corrected chi connectivity index (χ0v) is 15.5. The van der Waals surface area contributed by atoms with Crippen LogP contribution in [0.5, 0.6) is 0 Å². The van der Waals surface area contributed by atoms with Crippen molar-refractivity contribution in [1.29, 1.82) is 0 Å². The van der Waals surface area contributed by atoms with E-state index in [2.05, 4.69) is 24.1 Å². The van der Waals surface area contributed by atoms with E-state index in [0.29, 0.717) is 25.7 Å². The van der Waals surface area contributed by atoms with E-state index in [4.69, 9.17) is 4.74 Å². The maximum atomic E-state index is 12.5. The molecule has 1 aromatic rings. The third-order valence-electron chi connectivity index (χ3n) is 4.29. The van der Waals surface area contributed by atoms with Crippen molar-refractivity contribution in [1.82, 2.24) is 4.90 Å². The minimum Gasteiger partial charge on any atom is -0.378 e. The Labute approximate surface area is 150 Å². The smallest absolute Gasteiger partial charge is 0.244 e. The number of anilines is 2. The Hall–Kier alpha value is -2.08. The summed E-state index contributed by atoms with van der Waals surface area (Å²) in [5, 5.41) is 2.97. The predicted molar refractivity (Wildman–Crippen MR) is 99.8 cm³/mol. The first kappa shape index (κ1) is 19.2. The summed E-state index contributed by atoms with van der Waals surface area (Å²) in [5.41, 5.74) is 1.78. The molecule has 25 heavy (non-hydrogen) atoms. The monoisotopic (exact) mass is 347 g/mol. The molecule has 0 aliphatic carbocycles. The molecule has 1 aliphatic rings. The summed E-state index contributed by atoms with van der Waals surface area (Å²) < 4.78 is 5.39. The Kier molecular flexibility index (Phi) is 7.25. The van der Waals surface area contributed by atoms with E-state index >= 15 is 0 Å². The summed E-state index contributed by atoms with van der Waals surface area (Å²) >= 11 is 0. The fourth-order valence-electron chi connectivity index (χ4n) is 2.78. The Bertz CT molecular complexity index is 583. The molecule has 2 amide bonds. The van der Waals surface area contributed by atoms with Crippen LogP contribution in [0.15, 0.2) is 24.3 Å². The molecular weight excluding hydrogens is 318 g/mol. The van der Waals surface area contributed by atoms with Gasteiger partial charge in [-0.3, -0.25) is 9.59 Å². The third-order valence-corrected chi connectivity index (χ3v) is 4.29. The van der Waals surface area contributed by atoms with E-state index in [1.807, 2.05) is 24.3 Å². The highest BCUT2D eigenvalue weighted by Gasteiger charge is 2.18. The van der Waals surface area contributed by atoms with Crippen LogP contribution in [0.1, 0.15) is 27.2 Å². The number of para-hydroxylation sites is 2. The molecule has 0 spiro atoms. The van der Waals surface area contributed by atoms with Crippen LogP contribution in [0.2, 0.25) is 0 Å². The Balaban J connectivity index is 2.00. The standard InChI is InChI=1S/C19H29N3O3/c1-15(2)8-9-22(16(3)23)14-19(24)20-17-6-4-5-7-18(17)21-10-12-25-13-11-21/h4-7,15H,8-14H2,1-3H3,(H,20,24). The second-order valence-corrected chi connectivity index (χ2v) is 6.79. The van der Waals surface area contributed by atoms with Crippen molar-refractivity contribution in [3.05, 3.63) is 24.3 Å². The van der Waals surface area contributed by atoms with Gasteiger partial charge in [0.15, 0.2) is 0 Å². The Morgan fingerprint density at radius 3 is 2.56 bits per heavy atom. The molecule has 1 N–H and O–H groups in total. The van der Waals surface area contributed by atoms with E-state index < -0.39 is 0 Å². The van der Waals surface area contributed by atoms with Crippen LogP contribution >= 0.6 is 0 Å². The summed E-state index contributed by atoms with van der Waals surface area (Å²) in [4.78, 5) is 28.1. The molecule has 0 unspecified atom stereocenters. The van der Waals surface area contributed by atoms with Crippen LogP contribution in [-0.2, 0) is 14.3 Å². The van der Waals surface area contributed by atoms with Gasteiger partial charge in [0.2, 0.25) is 11.8 Å². The molecule has 2 rings (SSSR count). The van der Waals surface area contributed by atoms with Crippen LogP contribution in [0.4, 0.5) is 11.4 Å². The predicted octanol–water partition coefficient (Wildman–Crippen LogP) is 2.36. The lowest BCUT2D eigenvalue weighted by Gasteiger charge is -2.30. The van der Waals surface area contributed by atoms with Crippen LogP contribution < -0.4 is 10.2 Å². The lowest BCUT2D eigenvalue weighted by molar-refractivity contribution is -0.132. The van der Waals surface area contributed by atoms with Gasteiger partial charge in [0.1, 0.15) is 0 Å². The van der Waals surface area contributed by atoms with Gasteiger partial charge >= 0.3 is 0 Å². The average molecular weight is 347 g/mol. The van der Waals surface area contributed by atoms with Crippen molar-refractivity contribution in [2.75, 3.05) is 49.6 Å². The van der Waals surface area contributed by atoms with E-state index in [1.165, 1.54) is 6.92 Å². The molecule has 0 atom stereocenters. The topological polar surface area (TPSA) is 61.9 Å². The number of nitrogens with one attached hydrogen (secondary N) is 1. The number of morpholine rings is 1. The van der Waals surface area contributed by atoms with Gasteiger partial charge in [0, 0.05) is 26.6 Å². The quantitative estimate of drug-likeness (QED) is 0.822. The maximum Gasteiger partial charge on any atom is 0.244 e. The van der Waals surface area contributed by atoms with E-state index in [-0.39, 0.29) is 18.4 Å². The molecular formula is C19H29N3O3. The van der Waals surface area contributed by atoms with Gasteiger partial charge in [-0.15, -0.1) is 0 Å². The number of amides is 2. The molecule has 1 aromatic carbocycles. The van der Waals surface area contributed by atoms with Gasteiger partial charge in [-0.1, -0.05) is 26.0 Å². The van der Waals surface area contributed by atoms with E-state index in [1.54, 1.807) is 4.90 Å². The number of hydrogen-bond acceptors (Lipinski definition) is 4. The minimum absolute atomic E-state index is 0.0720. The fraction of sp³-hybridized carbons (Fsp3) is 0.579. The van der Waals surface area contributed by atoms with Crippen LogP contribution in [0, 0.1) is 5.92 Å². The molecule has 138 valence electrons. The number of carbonyl (C=O) groups excluding carboxylic acids is 2. The van der Waals surface area contributed by atoms with Gasteiger partial charge in [0.25, 0.3) is 0 Å². The maximum absolute atomic E-state index is 12.5. The van der Waals surface area contributed by atoms with E-state index in [9.17, 15) is 9.59 Å². The number of hydrogen-bond donors (Lipinski definition) is 1. The van der Waals surface area contributed by atoms with Crippen LogP contribution in [0.25, 0.3) is 0 Å². The lowest BCUT2D eigenvalue weighted by atomic mass is 10.1. The number of rotatable bonds is 7. The summed E-state index contributed by atoms with van der Waals surface area (Å²) in [5.74, 6) is 0.254. The molecule has 1 heterocycles. The normalized spacial score (nSPS) is 14.5. The first-order valence-corrected chi connectivity index (χ1v) is 8.94. The second kappa shape index (κ2) is 9.42. The molecule has 1 fully saturated rings. The van der Waals surface area contributed by atoms with Crippen molar-refractivity contribution in [3.63, 3.8) is 0 Å². The number of ether oxygens (including phenoxy) is 1. The Morgan fingerprint density at radius 1 is 1.24 bits per heavy atom. The second-order valence-electron chi connectivity index (χ2n) is 6.79. The van der Waals surface area contributed by atoms with Gasteiger partial charge in [-0.05, 0) is 24.5 Å². The molecule has 0 saturated carbocycles. The van der Waals surface area contributed by atoms with Gasteiger partial charge in [0.05, 0.1) is 31.1 Å². The minimum atomic E-state index is -0.167. The van der Waals surface area contributed by atoms with Crippen molar-refractivity contribution < 1.29 is 14.3 Å². The average Bonchev–Trinajstić information content (AvgIpc) is 2.59. The van der Waals surface area contributed by atoms with Gasteiger partial charge in [-0.25, -0.2) is 0 Å². The van der Waals surface area contributed by atoms with Crippen LogP contribution in [0.3, 0.4) is 0 Å². The zero-order valence-electron chi connectivity index (χ0n) is 15.5. The summed E-state index contributed by atoms with van der Waals surface area (Å²) in [7, 11) is 0. The molecule has 0 bridgehead atoms. The lowest BCUT2D eigenvalue weighted by Crippen LogP contribution is -2.39. The molecule has 6 heteroatoms. The summed E-state index contributed by atoms with van der Waals surface area (Å²) in [6, 6.07) is 7.77. The number of carbonyl (C=O) groups is 2. The van der Waals surface area contributed by atoms with Gasteiger partial charge < -0.3 is 19.9 Å². The molecule has 6 nitrogen and oxygen atoms in total. The first-order chi connectivity index (χ1) is 12.0. The number of nitrogens with zero attached hydrogens (tertiary/aromatic N) is 2.